The van der Waals surface area contributed by atoms with Crippen LogP contribution in [0.4, 0.5) is 0 Å². The maximum absolute atomic E-state index is 5.87. The van der Waals surface area contributed by atoms with Gasteiger partial charge < -0.3 is 4.74 Å². The fourth-order valence-electron chi connectivity index (χ4n) is 3.24. The first kappa shape index (κ1) is 16.5. The number of fused-ring (bicyclic) bond motifs is 1. The molecule has 0 N–H and O–H groups in total. The maximum atomic E-state index is 5.87. The van der Waals surface area contributed by atoms with Crippen molar-refractivity contribution in [2.24, 2.45) is 0 Å². The predicted octanol–water partition coefficient (Wildman–Crippen LogP) is 5.05. The van der Waals surface area contributed by atoms with Gasteiger partial charge in [-0.15, -0.1) is 0 Å². The Morgan fingerprint density at radius 2 is 2.05 bits per heavy atom. The molecule has 1 aliphatic carbocycles. The highest BCUT2D eigenvalue weighted by Gasteiger charge is 2.17. The van der Waals surface area contributed by atoms with Crippen molar-refractivity contribution in [2.45, 2.75) is 84.2 Å². The molecule has 0 aromatic carbocycles. The minimum atomic E-state index is 0.452. The summed E-state index contributed by atoms with van der Waals surface area (Å²) in [6.07, 6.45) is 9.96. The average molecular weight is 289 g/mol. The summed E-state index contributed by atoms with van der Waals surface area (Å²) < 4.78 is 5.87. The van der Waals surface area contributed by atoms with Gasteiger partial charge in [-0.05, 0) is 68.9 Å². The second-order valence-corrected chi connectivity index (χ2v) is 6.41. The van der Waals surface area contributed by atoms with Crippen LogP contribution in [-0.2, 0) is 17.6 Å². The van der Waals surface area contributed by atoms with Crippen LogP contribution in [-0.4, -0.2) is 17.7 Å². The topological polar surface area (TPSA) is 22.1 Å². The molecule has 1 unspecified atom stereocenters. The van der Waals surface area contributed by atoms with Crippen molar-refractivity contribution in [3.63, 3.8) is 0 Å². The molecule has 1 aliphatic rings. The first-order valence-corrected chi connectivity index (χ1v) is 8.84. The number of nitrogens with zero attached hydrogens (tertiary/aromatic N) is 1. The van der Waals surface area contributed by atoms with Crippen LogP contribution in [0.25, 0.3) is 0 Å². The monoisotopic (exact) mass is 289 g/mol. The molecule has 2 heteroatoms. The molecule has 1 aromatic heterocycles. The molecule has 1 heterocycles. The first-order valence-electron chi connectivity index (χ1n) is 8.84. The molecule has 0 aliphatic heterocycles. The molecule has 2 nitrogen and oxygen atoms in total. The average Bonchev–Trinajstić information content (AvgIpc) is 2.51. The molecule has 2 rings (SSSR count). The van der Waals surface area contributed by atoms with E-state index in [0.717, 1.165) is 32.3 Å². The first-order chi connectivity index (χ1) is 10.2. The lowest BCUT2D eigenvalue weighted by atomic mass is 9.87. The van der Waals surface area contributed by atoms with Crippen LogP contribution < -0.4 is 0 Å². The maximum Gasteiger partial charge on any atom is 0.0569 e. The van der Waals surface area contributed by atoms with Crippen molar-refractivity contribution < 1.29 is 4.74 Å². The fourth-order valence-corrected chi connectivity index (χ4v) is 3.24. The molecule has 0 saturated heterocycles. The van der Waals surface area contributed by atoms with Crippen LogP contribution in [0, 0.1) is 0 Å². The smallest absolute Gasteiger partial charge is 0.0569 e. The van der Waals surface area contributed by atoms with Crippen molar-refractivity contribution in [3.8, 4) is 0 Å². The van der Waals surface area contributed by atoms with Crippen LogP contribution in [0.5, 0.6) is 0 Å². The summed E-state index contributed by atoms with van der Waals surface area (Å²) in [6, 6.07) is 4.55. The Morgan fingerprint density at radius 3 is 2.81 bits per heavy atom. The summed E-state index contributed by atoms with van der Waals surface area (Å²) in [5.41, 5.74) is 4.12. The number of hydrogen-bond donors (Lipinski definition) is 0. The summed E-state index contributed by atoms with van der Waals surface area (Å²) in [5, 5.41) is 0. The largest absolute Gasteiger partial charge is 0.378 e. The molecular formula is C19H31NO. The summed E-state index contributed by atoms with van der Waals surface area (Å²) in [5.74, 6) is 0.645. The SMILES string of the molecule is CCC(CC)OCCCCc1ccc2c(n1)C(C)CCC2. The highest BCUT2D eigenvalue weighted by molar-refractivity contribution is 5.28. The lowest BCUT2D eigenvalue weighted by Crippen LogP contribution is -2.12. The molecule has 1 aromatic rings. The van der Waals surface area contributed by atoms with E-state index in [2.05, 4.69) is 32.9 Å². The number of hydrogen-bond acceptors (Lipinski definition) is 2. The Kier molecular flexibility index (Phi) is 6.69. The number of aryl methyl sites for hydroxylation is 2. The minimum absolute atomic E-state index is 0.452. The van der Waals surface area contributed by atoms with E-state index in [4.69, 9.17) is 9.72 Å². The van der Waals surface area contributed by atoms with Crippen LogP contribution >= 0.6 is 0 Å². The van der Waals surface area contributed by atoms with Gasteiger partial charge in [0.25, 0.3) is 0 Å². The standard InChI is InChI=1S/C19H31NO/c1-4-18(5-2)21-14-7-6-11-17-13-12-16-10-8-9-15(3)19(16)20-17/h12-13,15,18H,4-11,14H2,1-3H3. The van der Waals surface area contributed by atoms with Gasteiger partial charge in [-0.3, -0.25) is 4.98 Å². The van der Waals surface area contributed by atoms with Gasteiger partial charge >= 0.3 is 0 Å². The molecule has 118 valence electrons. The predicted molar refractivity (Wildman–Crippen MR) is 88.9 cm³/mol. The van der Waals surface area contributed by atoms with Gasteiger partial charge in [-0.1, -0.05) is 26.8 Å². The minimum Gasteiger partial charge on any atom is -0.378 e. The van der Waals surface area contributed by atoms with E-state index in [1.807, 2.05) is 0 Å². The van der Waals surface area contributed by atoms with Gasteiger partial charge in [0.15, 0.2) is 0 Å². The number of rotatable bonds is 8. The van der Waals surface area contributed by atoms with E-state index in [9.17, 15) is 0 Å². The molecule has 1 atom stereocenters. The van der Waals surface area contributed by atoms with Crippen LogP contribution in [0.1, 0.15) is 82.2 Å². The molecule has 0 saturated carbocycles. The second-order valence-electron chi connectivity index (χ2n) is 6.41. The lowest BCUT2D eigenvalue weighted by Gasteiger charge is -2.21. The number of aromatic nitrogens is 1. The van der Waals surface area contributed by atoms with Gasteiger partial charge in [0.2, 0.25) is 0 Å². The number of unbranched alkanes of at least 4 members (excludes halogenated alkanes) is 1. The zero-order valence-electron chi connectivity index (χ0n) is 14.0. The summed E-state index contributed by atoms with van der Waals surface area (Å²) in [6.45, 7) is 7.62. The third-order valence-corrected chi connectivity index (χ3v) is 4.71. The Balaban J connectivity index is 1.75. The van der Waals surface area contributed by atoms with Crippen molar-refractivity contribution in [1.29, 1.82) is 0 Å². The van der Waals surface area contributed by atoms with E-state index in [1.54, 1.807) is 0 Å². The summed E-state index contributed by atoms with van der Waals surface area (Å²) in [7, 11) is 0. The van der Waals surface area contributed by atoms with E-state index >= 15 is 0 Å². The molecule has 21 heavy (non-hydrogen) atoms. The molecule has 0 amide bonds. The second kappa shape index (κ2) is 8.53. The lowest BCUT2D eigenvalue weighted by molar-refractivity contribution is 0.0460. The number of ether oxygens (including phenoxy) is 1. The zero-order chi connectivity index (χ0) is 15.1. The molecule has 0 bridgehead atoms. The van der Waals surface area contributed by atoms with Crippen LogP contribution in [0.15, 0.2) is 12.1 Å². The fraction of sp³-hybridized carbons (Fsp3) is 0.737. The zero-order valence-corrected chi connectivity index (χ0v) is 14.0. The van der Waals surface area contributed by atoms with Crippen molar-refractivity contribution in [2.75, 3.05) is 6.61 Å². The molecule has 0 spiro atoms. The van der Waals surface area contributed by atoms with Gasteiger partial charge in [-0.2, -0.15) is 0 Å². The summed E-state index contributed by atoms with van der Waals surface area (Å²) >= 11 is 0. The van der Waals surface area contributed by atoms with Crippen molar-refractivity contribution in [1.82, 2.24) is 4.98 Å². The quantitative estimate of drug-likeness (QED) is 0.625. The Hall–Kier alpha value is -0.890. The third kappa shape index (κ3) is 4.81. The van der Waals surface area contributed by atoms with Gasteiger partial charge in [0, 0.05) is 18.0 Å². The van der Waals surface area contributed by atoms with Crippen molar-refractivity contribution >= 4 is 0 Å². The normalized spacial score (nSPS) is 18.0. The highest BCUT2D eigenvalue weighted by atomic mass is 16.5. The number of pyridine rings is 1. The van der Waals surface area contributed by atoms with Gasteiger partial charge in [0.1, 0.15) is 0 Å². The molecular weight excluding hydrogens is 258 g/mol. The molecule has 0 radical (unpaired) electrons. The Morgan fingerprint density at radius 1 is 1.24 bits per heavy atom. The highest BCUT2D eigenvalue weighted by Crippen LogP contribution is 2.29. The Labute approximate surface area is 130 Å². The van der Waals surface area contributed by atoms with E-state index in [-0.39, 0.29) is 0 Å². The van der Waals surface area contributed by atoms with E-state index in [0.29, 0.717) is 12.0 Å². The van der Waals surface area contributed by atoms with Crippen molar-refractivity contribution in [3.05, 3.63) is 29.1 Å². The van der Waals surface area contributed by atoms with E-state index in [1.165, 1.54) is 42.6 Å². The van der Waals surface area contributed by atoms with Crippen LogP contribution in [0.3, 0.4) is 0 Å². The van der Waals surface area contributed by atoms with Gasteiger partial charge in [-0.25, -0.2) is 0 Å². The van der Waals surface area contributed by atoms with E-state index < -0.39 is 0 Å². The summed E-state index contributed by atoms with van der Waals surface area (Å²) in [4.78, 5) is 4.92. The van der Waals surface area contributed by atoms with Gasteiger partial charge in [0.05, 0.1) is 6.10 Å². The third-order valence-electron chi connectivity index (χ3n) is 4.71. The molecule has 0 fully saturated rings. The van der Waals surface area contributed by atoms with Crippen LogP contribution in [0.2, 0.25) is 0 Å². The Bertz CT molecular complexity index is 426.